The van der Waals surface area contributed by atoms with Crippen molar-refractivity contribution in [2.45, 2.75) is 26.3 Å². The number of nitrogens with zero attached hydrogens (tertiary/aromatic N) is 2. The van der Waals surface area contributed by atoms with Crippen LogP contribution in [0.4, 0.5) is 11.5 Å². The second-order valence-electron chi connectivity index (χ2n) is 4.57. The molecule has 0 unspecified atom stereocenters. The zero-order valence-electron chi connectivity index (χ0n) is 11.4. The first kappa shape index (κ1) is 13.6. The molecule has 2 aromatic rings. The summed E-state index contributed by atoms with van der Waals surface area (Å²) in [6.45, 7) is 3.72. The molecular weight excluding hydrogens is 234 g/mol. The van der Waals surface area contributed by atoms with Gasteiger partial charge >= 0.3 is 0 Å². The van der Waals surface area contributed by atoms with Crippen LogP contribution in [-0.2, 0) is 6.54 Å². The molecule has 0 atom stereocenters. The average Bonchev–Trinajstić information content (AvgIpc) is 2.49. The van der Waals surface area contributed by atoms with Crippen LogP contribution in [0, 0.1) is 0 Å². The maximum absolute atomic E-state index is 5.61. The van der Waals surface area contributed by atoms with Gasteiger partial charge < -0.3 is 10.6 Å². The molecule has 100 valence electrons. The van der Waals surface area contributed by atoms with E-state index in [0.717, 1.165) is 24.3 Å². The van der Waals surface area contributed by atoms with Gasteiger partial charge in [-0.05, 0) is 30.2 Å². The van der Waals surface area contributed by atoms with E-state index in [1.807, 2.05) is 24.4 Å². The van der Waals surface area contributed by atoms with E-state index >= 15 is 0 Å². The fraction of sp³-hybridized carbons (Fsp3) is 0.312. The molecule has 3 nitrogen and oxygen atoms in total. The lowest BCUT2D eigenvalue weighted by Gasteiger charge is -2.23. The highest BCUT2D eigenvalue weighted by Crippen LogP contribution is 2.23. The number of unbranched alkanes of at least 4 members (excludes halogenated alkanes) is 1. The van der Waals surface area contributed by atoms with Crippen LogP contribution >= 0.6 is 0 Å². The van der Waals surface area contributed by atoms with Crippen LogP contribution in [0.2, 0.25) is 0 Å². The van der Waals surface area contributed by atoms with Crippen molar-refractivity contribution in [3.63, 3.8) is 0 Å². The highest BCUT2D eigenvalue weighted by molar-refractivity contribution is 5.59. The van der Waals surface area contributed by atoms with Crippen molar-refractivity contribution < 1.29 is 0 Å². The molecule has 2 rings (SSSR count). The second-order valence-corrected chi connectivity index (χ2v) is 4.57. The monoisotopic (exact) mass is 255 g/mol. The molecule has 1 aromatic carbocycles. The smallest absolute Gasteiger partial charge is 0.132 e. The molecule has 1 aromatic heterocycles. The minimum Gasteiger partial charge on any atom is -0.326 e. The zero-order valence-corrected chi connectivity index (χ0v) is 11.4. The van der Waals surface area contributed by atoms with Crippen molar-refractivity contribution in [2.75, 3.05) is 11.4 Å². The molecule has 1 heterocycles. The highest BCUT2D eigenvalue weighted by Gasteiger charge is 2.09. The number of nitrogens with two attached hydrogens (primary N) is 1. The molecule has 3 heteroatoms. The number of anilines is 2. The predicted octanol–water partition coefficient (Wildman–Crippen LogP) is 3.48. The molecule has 2 N–H and O–H groups in total. The summed E-state index contributed by atoms with van der Waals surface area (Å²) in [6, 6.07) is 14.5. The summed E-state index contributed by atoms with van der Waals surface area (Å²) in [5, 5.41) is 0. The van der Waals surface area contributed by atoms with Gasteiger partial charge in [0.1, 0.15) is 5.82 Å². The first-order chi connectivity index (χ1) is 9.35. The lowest BCUT2D eigenvalue weighted by Crippen LogP contribution is -2.19. The number of hydrogen-bond donors (Lipinski definition) is 1. The number of para-hydroxylation sites is 1. The quantitative estimate of drug-likeness (QED) is 0.859. The Labute approximate surface area is 115 Å². The average molecular weight is 255 g/mol. The number of pyridine rings is 1. The standard InChI is InChI=1S/C16H21N3/c1-2-3-11-19(15-7-5-4-6-8-15)16-10-9-14(12-17)13-18-16/h4-10,13H,2-3,11-12,17H2,1H3. The maximum Gasteiger partial charge on any atom is 0.132 e. The Morgan fingerprint density at radius 1 is 1.11 bits per heavy atom. The normalized spacial score (nSPS) is 10.4. The summed E-state index contributed by atoms with van der Waals surface area (Å²) in [5.74, 6) is 0.983. The Hall–Kier alpha value is -1.87. The van der Waals surface area contributed by atoms with Crippen molar-refractivity contribution in [1.29, 1.82) is 0 Å². The summed E-state index contributed by atoms with van der Waals surface area (Å²) < 4.78 is 0. The zero-order chi connectivity index (χ0) is 13.5. The number of hydrogen-bond acceptors (Lipinski definition) is 3. The Kier molecular flexibility index (Phi) is 4.93. The highest BCUT2D eigenvalue weighted by atomic mass is 15.2. The third kappa shape index (κ3) is 3.55. The van der Waals surface area contributed by atoms with E-state index in [2.05, 4.69) is 41.1 Å². The van der Waals surface area contributed by atoms with Crippen LogP contribution in [0.15, 0.2) is 48.7 Å². The van der Waals surface area contributed by atoms with Crippen LogP contribution < -0.4 is 10.6 Å². The fourth-order valence-corrected chi connectivity index (χ4v) is 2.00. The summed E-state index contributed by atoms with van der Waals surface area (Å²) in [6.07, 6.45) is 4.18. The van der Waals surface area contributed by atoms with Gasteiger partial charge in [-0.2, -0.15) is 0 Å². The van der Waals surface area contributed by atoms with E-state index < -0.39 is 0 Å². The van der Waals surface area contributed by atoms with Crippen LogP contribution in [0.25, 0.3) is 0 Å². The van der Waals surface area contributed by atoms with Crippen LogP contribution in [0.5, 0.6) is 0 Å². The van der Waals surface area contributed by atoms with Crippen LogP contribution in [0.1, 0.15) is 25.3 Å². The first-order valence-corrected chi connectivity index (χ1v) is 6.82. The van der Waals surface area contributed by atoms with Crippen LogP contribution in [-0.4, -0.2) is 11.5 Å². The molecular formula is C16H21N3. The van der Waals surface area contributed by atoms with E-state index in [1.165, 1.54) is 12.1 Å². The van der Waals surface area contributed by atoms with Gasteiger partial charge in [-0.25, -0.2) is 4.98 Å². The van der Waals surface area contributed by atoms with Crippen molar-refractivity contribution in [2.24, 2.45) is 5.73 Å². The molecule has 0 bridgehead atoms. The van der Waals surface area contributed by atoms with Gasteiger partial charge in [0.25, 0.3) is 0 Å². The third-order valence-corrected chi connectivity index (χ3v) is 3.12. The molecule has 0 saturated heterocycles. The number of rotatable bonds is 6. The van der Waals surface area contributed by atoms with Gasteiger partial charge in [0.15, 0.2) is 0 Å². The van der Waals surface area contributed by atoms with Crippen molar-refractivity contribution in [1.82, 2.24) is 4.98 Å². The predicted molar refractivity (Wildman–Crippen MR) is 80.5 cm³/mol. The summed E-state index contributed by atoms with van der Waals surface area (Å²) >= 11 is 0. The SMILES string of the molecule is CCCCN(c1ccccc1)c1ccc(CN)cn1. The topological polar surface area (TPSA) is 42.1 Å². The van der Waals surface area contributed by atoms with Gasteiger partial charge in [0, 0.05) is 25.0 Å². The number of benzene rings is 1. The Balaban J connectivity index is 2.26. The van der Waals surface area contributed by atoms with Gasteiger partial charge in [0.05, 0.1) is 0 Å². The first-order valence-electron chi connectivity index (χ1n) is 6.82. The van der Waals surface area contributed by atoms with E-state index in [4.69, 9.17) is 5.73 Å². The van der Waals surface area contributed by atoms with E-state index in [1.54, 1.807) is 0 Å². The molecule has 0 aliphatic heterocycles. The van der Waals surface area contributed by atoms with Gasteiger partial charge in [-0.15, -0.1) is 0 Å². The minimum absolute atomic E-state index is 0.535. The molecule has 19 heavy (non-hydrogen) atoms. The van der Waals surface area contributed by atoms with E-state index in [-0.39, 0.29) is 0 Å². The van der Waals surface area contributed by atoms with E-state index in [9.17, 15) is 0 Å². The Morgan fingerprint density at radius 3 is 2.47 bits per heavy atom. The van der Waals surface area contributed by atoms with E-state index in [0.29, 0.717) is 6.54 Å². The molecule has 0 saturated carbocycles. The number of aromatic nitrogens is 1. The Morgan fingerprint density at radius 2 is 1.89 bits per heavy atom. The maximum atomic E-state index is 5.61. The van der Waals surface area contributed by atoms with Crippen molar-refractivity contribution >= 4 is 11.5 Å². The molecule has 0 aliphatic carbocycles. The summed E-state index contributed by atoms with van der Waals surface area (Å²) in [4.78, 5) is 6.78. The second kappa shape index (κ2) is 6.90. The molecule has 0 spiro atoms. The fourth-order valence-electron chi connectivity index (χ4n) is 2.00. The van der Waals surface area contributed by atoms with Crippen LogP contribution in [0.3, 0.4) is 0 Å². The lowest BCUT2D eigenvalue weighted by atomic mass is 10.2. The van der Waals surface area contributed by atoms with Crippen molar-refractivity contribution in [3.8, 4) is 0 Å². The molecule has 0 fully saturated rings. The minimum atomic E-state index is 0.535. The van der Waals surface area contributed by atoms with Gasteiger partial charge in [-0.3, -0.25) is 0 Å². The largest absolute Gasteiger partial charge is 0.326 e. The van der Waals surface area contributed by atoms with Gasteiger partial charge in [-0.1, -0.05) is 37.6 Å². The lowest BCUT2D eigenvalue weighted by molar-refractivity contribution is 0.779. The van der Waals surface area contributed by atoms with Gasteiger partial charge in [0.2, 0.25) is 0 Å². The third-order valence-electron chi connectivity index (χ3n) is 3.12. The summed E-state index contributed by atoms with van der Waals surface area (Å²) in [5.41, 5.74) is 7.86. The molecule has 0 radical (unpaired) electrons. The Bertz CT molecular complexity index is 479. The molecule has 0 aliphatic rings. The van der Waals surface area contributed by atoms with Crippen molar-refractivity contribution in [3.05, 3.63) is 54.2 Å². The summed E-state index contributed by atoms with van der Waals surface area (Å²) in [7, 11) is 0. The molecule has 0 amide bonds.